The highest BCUT2D eigenvalue weighted by atomic mass is 16.7. The molecule has 0 bridgehead atoms. The lowest BCUT2D eigenvalue weighted by molar-refractivity contribution is 0.0743. The molecule has 3 aromatic carbocycles. The number of benzene rings is 3. The van der Waals surface area contributed by atoms with Crippen molar-refractivity contribution in [2.75, 3.05) is 19.9 Å². The van der Waals surface area contributed by atoms with Crippen LogP contribution in [0.5, 0.6) is 11.5 Å². The Hall–Kier alpha value is -2.82. The van der Waals surface area contributed by atoms with Crippen LogP contribution < -0.4 is 9.47 Å². The molecule has 29 heavy (non-hydrogen) atoms. The van der Waals surface area contributed by atoms with Crippen molar-refractivity contribution >= 4 is 0 Å². The molecule has 3 aromatic rings. The normalized spacial score (nSPS) is 19.0. The van der Waals surface area contributed by atoms with Crippen molar-refractivity contribution in [1.29, 1.82) is 0 Å². The van der Waals surface area contributed by atoms with Crippen LogP contribution in [0, 0.1) is 0 Å². The van der Waals surface area contributed by atoms with Crippen LogP contribution in [0.25, 0.3) is 0 Å². The number of fused-ring (bicyclic) bond motifs is 2. The summed E-state index contributed by atoms with van der Waals surface area (Å²) in [6.45, 7) is 1.27. The first-order valence-electron chi connectivity index (χ1n) is 10.2. The van der Waals surface area contributed by atoms with Gasteiger partial charge in [0.15, 0.2) is 11.5 Å². The van der Waals surface area contributed by atoms with Gasteiger partial charge in [0.05, 0.1) is 12.6 Å². The van der Waals surface area contributed by atoms with Gasteiger partial charge in [-0.05, 0) is 47.2 Å². The standard InChI is InChI=1S/C25H25NO3/c27-16-23(19-9-5-2-6-10-19)26-12-11-20-14-24-25(29-17-28-24)15-21(20)22(26)13-18-7-3-1-4-8-18/h1-10,14-15,22-23,27H,11-13,16-17H2/t22-,23-/m1/s1. The van der Waals surface area contributed by atoms with Crippen LogP contribution in [-0.2, 0) is 12.8 Å². The molecule has 1 N–H and O–H groups in total. The molecule has 0 amide bonds. The molecule has 0 radical (unpaired) electrons. The van der Waals surface area contributed by atoms with E-state index in [1.54, 1.807) is 0 Å². The second kappa shape index (κ2) is 7.90. The molecule has 5 rings (SSSR count). The molecule has 2 aliphatic rings. The molecule has 0 saturated heterocycles. The van der Waals surface area contributed by atoms with Crippen molar-refractivity contribution in [2.24, 2.45) is 0 Å². The zero-order valence-electron chi connectivity index (χ0n) is 16.3. The average Bonchev–Trinajstić information content (AvgIpc) is 3.23. The number of nitrogens with zero attached hydrogens (tertiary/aromatic N) is 1. The van der Waals surface area contributed by atoms with Gasteiger partial charge < -0.3 is 14.6 Å². The summed E-state index contributed by atoms with van der Waals surface area (Å²) in [6.07, 6.45) is 1.82. The third-order valence-corrected chi connectivity index (χ3v) is 6.06. The van der Waals surface area contributed by atoms with Crippen LogP contribution in [0.1, 0.15) is 34.3 Å². The fourth-order valence-electron chi connectivity index (χ4n) is 4.63. The Kier molecular flexibility index (Phi) is 4.96. The summed E-state index contributed by atoms with van der Waals surface area (Å²) in [5.41, 5.74) is 5.03. The average molecular weight is 387 g/mol. The van der Waals surface area contributed by atoms with Crippen LogP contribution in [0.4, 0.5) is 0 Å². The largest absolute Gasteiger partial charge is 0.454 e. The van der Waals surface area contributed by atoms with Gasteiger partial charge in [-0.2, -0.15) is 0 Å². The molecule has 2 atom stereocenters. The zero-order valence-corrected chi connectivity index (χ0v) is 16.3. The smallest absolute Gasteiger partial charge is 0.231 e. The van der Waals surface area contributed by atoms with Crippen molar-refractivity contribution in [3.05, 3.63) is 95.1 Å². The minimum absolute atomic E-state index is 0.0384. The predicted octanol–water partition coefficient (Wildman–Crippen LogP) is 4.29. The maximum Gasteiger partial charge on any atom is 0.231 e. The molecular weight excluding hydrogens is 362 g/mol. The van der Waals surface area contributed by atoms with E-state index in [2.05, 4.69) is 59.5 Å². The van der Waals surface area contributed by atoms with Crippen LogP contribution in [0.15, 0.2) is 72.8 Å². The minimum atomic E-state index is -0.0384. The Labute approximate surface area is 171 Å². The first-order valence-corrected chi connectivity index (χ1v) is 10.2. The molecule has 0 aromatic heterocycles. The van der Waals surface area contributed by atoms with Crippen molar-refractivity contribution in [1.82, 2.24) is 4.90 Å². The molecule has 4 nitrogen and oxygen atoms in total. The summed E-state index contributed by atoms with van der Waals surface area (Å²) in [5.74, 6) is 1.67. The second-order valence-corrected chi connectivity index (χ2v) is 7.71. The van der Waals surface area contributed by atoms with Crippen molar-refractivity contribution in [3.8, 4) is 11.5 Å². The van der Waals surface area contributed by atoms with Gasteiger partial charge in [0, 0.05) is 12.6 Å². The Balaban J connectivity index is 1.57. The molecule has 4 heteroatoms. The lowest BCUT2D eigenvalue weighted by atomic mass is 9.86. The summed E-state index contributed by atoms with van der Waals surface area (Å²) in [7, 11) is 0. The fourth-order valence-corrected chi connectivity index (χ4v) is 4.63. The van der Waals surface area contributed by atoms with Gasteiger partial charge in [-0.15, -0.1) is 0 Å². The van der Waals surface area contributed by atoms with E-state index in [1.807, 2.05) is 18.2 Å². The van der Waals surface area contributed by atoms with Gasteiger partial charge >= 0.3 is 0 Å². The Morgan fingerprint density at radius 3 is 2.34 bits per heavy atom. The lowest BCUT2D eigenvalue weighted by Gasteiger charge is -2.42. The Bertz CT molecular complexity index is 974. The van der Waals surface area contributed by atoms with Crippen LogP contribution in [-0.4, -0.2) is 30.0 Å². The predicted molar refractivity (Wildman–Crippen MR) is 112 cm³/mol. The Morgan fingerprint density at radius 1 is 0.931 bits per heavy atom. The highest BCUT2D eigenvalue weighted by Crippen LogP contribution is 2.43. The third kappa shape index (κ3) is 3.50. The lowest BCUT2D eigenvalue weighted by Crippen LogP contribution is -2.40. The monoisotopic (exact) mass is 387 g/mol. The summed E-state index contributed by atoms with van der Waals surface area (Å²) < 4.78 is 11.3. The van der Waals surface area contributed by atoms with Gasteiger partial charge in [-0.3, -0.25) is 4.90 Å². The van der Waals surface area contributed by atoms with Gasteiger partial charge in [-0.1, -0.05) is 60.7 Å². The maximum absolute atomic E-state index is 10.3. The van der Waals surface area contributed by atoms with Gasteiger partial charge in [-0.25, -0.2) is 0 Å². The molecule has 2 aliphatic heterocycles. The molecule has 0 saturated carbocycles. The zero-order chi connectivity index (χ0) is 19.6. The molecular formula is C25H25NO3. The highest BCUT2D eigenvalue weighted by molar-refractivity contribution is 5.51. The first kappa shape index (κ1) is 18.2. The fraction of sp³-hybridized carbons (Fsp3) is 0.280. The van der Waals surface area contributed by atoms with E-state index >= 15 is 0 Å². The van der Waals surface area contributed by atoms with Gasteiger partial charge in [0.1, 0.15) is 0 Å². The summed E-state index contributed by atoms with van der Waals surface area (Å²) in [4.78, 5) is 2.45. The minimum Gasteiger partial charge on any atom is -0.454 e. The highest BCUT2D eigenvalue weighted by Gasteiger charge is 2.34. The summed E-state index contributed by atoms with van der Waals surface area (Å²) in [6, 6.07) is 25.3. The first-order chi connectivity index (χ1) is 14.3. The van der Waals surface area contributed by atoms with E-state index < -0.39 is 0 Å². The topological polar surface area (TPSA) is 41.9 Å². The van der Waals surface area contributed by atoms with Crippen molar-refractivity contribution in [3.63, 3.8) is 0 Å². The van der Waals surface area contributed by atoms with Crippen LogP contribution >= 0.6 is 0 Å². The van der Waals surface area contributed by atoms with E-state index in [0.29, 0.717) is 0 Å². The number of aliphatic hydroxyl groups excluding tert-OH is 1. The quantitative estimate of drug-likeness (QED) is 0.709. The molecule has 0 unspecified atom stereocenters. The number of hydrogen-bond donors (Lipinski definition) is 1. The van der Waals surface area contributed by atoms with E-state index in [9.17, 15) is 5.11 Å². The van der Waals surface area contributed by atoms with E-state index in [1.165, 1.54) is 16.7 Å². The number of hydrogen-bond acceptors (Lipinski definition) is 4. The molecule has 2 heterocycles. The molecule has 148 valence electrons. The van der Waals surface area contributed by atoms with Crippen molar-refractivity contribution in [2.45, 2.75) is 24.9 Å². The SMILES string of the molecule is OC[C@H](c1ccccc1)N1CCc2cc3c(cc2[C@H]1Cc1ccccc1)OCO3. The molecule has 0 spiro atoms. The number of aliphatic hydroxyl groups is 1. The summed E-state index contributed by atoms with van der Waals surface area (Å²) >= 11 is 0. The number of rotatable bonds is 5. The second-order valence-electron chi connectivity index (χ2n) is 7.71. The van der Waals surface area contributed by atoms with Crippen LogP contribution in [0.2, 0.25) is 0 Å². The van der Waals surface area contributed by atoms with Gasteiger partial charge in [0.2, 0.25) is 6.79 Å². The Morgan fingerprint density at radius 2 is 1.62 bits per heavy atom. The molecule has 0 aliphatic carbocycles. The van der Waals surface area contributed by atoms with Gasteiger partial charge in [0.25, 0.3) is 0 Å². The summed E-state index contributed by atoms with van der Waals surface area (Å²) in [5, 5.41) is 10.3. The van der Waals surface area contributed by atoms with E-state index in [0.717, 1.165) is 36.4 Å². The van der Waals surface area contributed by atoms with Crippen molar-refractivity contribution < 1.29 is 14.6 Å². The van der Waals surface area contributed by atoms with E-state index in [4.69, 9.17) is 9.47 Å². The van der Waals surface area contributed by atoms with Crippen LogP contribution in [0.3, 0.4) is 0 Å². The third-order valence-electron chi connectivity index (χ3n) is 6.06. The van der Waals surface area contributed by atoms with E-state index in [-0.39, 0.29) is 25.5 Å². The number of ether oxygens (including phenoxy) is 2. The molecule has 0 fully saturated rings. The maximum atomic E-state index is 10.3.